The molecule has 1 aromatic rings. The third kappa shape index (κ3) is 3.98. The van der Waals surface area contributed by atoms with Gasteiger partial charge in [0.15, 0.2) is 0 Å². The molecule has 1 aliphatic heterocycles. The Bertz CT molecular complexity index is 1050. The number of carbonyl (C=O) groups excluding carboxylic acids is 1. The first-order chi connectivity index (χ1) is 17.4. The van der Waals surface area contributed by atoms with E-state index in [4.69, 9.17) is 4.84 Å². The molecule has 2 saturated carbocycles. The maximum Gasteiger partial charge on any atom is 0.328 e. The van der Waals surface area contributed by atoms with E-state index in [2.05, 4.69) is 54.6 Å². The van der Waals surface area contributed by atoms with Gasteiger partial charge in [0.1, 0.15) is 0 Å². The molecule has 5 heteroatoms. The summed E-state index contributed by atoms with van der Waals surface area (Å²) in [6.07, 6.45) is 19.3. The van der Waals surface area contributed by atoms with Crippen LogP contribution in [0.25, 0.3) is 5.57 Å². The molecule has 2 heterocycles. The molecule has 4 aliphatic carbocycles. The summed E-state index contributed by atoms with van der Waals surface area (Å²) in [5.74, 6) is 2.30. The van der Waals surface area contributed by atoms with Crippen molar-refractivity contribution in [1.29, 1.82) is 0 Å². The summed E-state index contributed by atoms with van der Waals surface area (Å²) >= 11 is 0. The average molecular weight is 490 g/mol. The number of nitrogens with zero attached hydrogens (tertiary/aromatic N) is 2. The number of hydrogen-bond acceptors (Lipinski definition) is 5. The summed E-state index contributed by atoms with van der Waals surface area (Å²) < 4.78 is 0. The summed E-state index contributed by atoms with van der Waals surface area (Å²) in [6, 6.07) is 4.53. The lowest BCUT2D eigenvalue weighted by molar-refractivity contribution is -0.198. The SMILES string of the molecule is CN(OC(=O)C1CCNCC1)C1C=C2CC[C@H]3[C@H](CC[C@]4(C)C(c5cccnc5)=CC[C@@H]34)[C@@]2(C)CC1. The van der Waals surface area contributed by atoms with E-state index in [0.717, 1.165) is 50.1 Å². The molecular weight excluding hydrogens is 446 g/mol. The van der Waals surface area contributed by atoms with Crippen LogP contribution in [0.4, 0.5) is 0 Å². The molecule has 194 valence electrons. The fraction of sp³-hybridized carbons (Fsp3) is 0.677. The Kier molecular flexibility index (Phi) is 6.36. The number of carbonyl (C=O) groups is 1. The van der Waals surface area contributed by atoms with E-state index in [-0.39, 0.29) is 28.8 Å². The van der Waals surface area contributed by atoms with Gasteiger partial charge in [-0.05, 0) is 117 Å². The van der Waals surface area contributed by atoms with Gasteiger partial charge in [0.2, 0.25) is 0 Å². The first-order valence-corrected chi connectivity index (χ1v) is 14.4. The maximum absolute atomic E-state index is 12.7. The molecule has 1 unspecified atom stereocenters. The summed E-state index contributed by atoms with van der Waals surface area (Å²) in [4.78, 5) is 23.0. The Morgan fingerprint density at radius 3 is 2.67 bits per heavy atom. The van der Waals surface area contributed by atoms with Gasteiger partial charge in [-0.3, -0.25) is 9.78 Å². The molecule has 0 spiro atoms. The molecule has 5 aliphatic rings. The Labute approximate surface area is 216 Å². The van der Waals surface area contributed by atoms with Crippen LogP contribution in [0.3, 0.4) is 0 Å². The molecule has 1 saturated heterocycles. The van der Waals surface area contributed by atoms with Gasteiger partial charge >= 0.3 is 5.97 Å². The van der Waals surface area contributed by atoms with Gasteiger partial charge in [-0.15, -0.1) is 5.06 Å². The van der Waals surface area contributed by atoms with Crippen molar-refractivity contribution in [2.75, 3.05) is 20.1 Å². The van der Waals surface area contributed by atoms with Crippen molar-refractivity contribution in [3.63, 3.8) is 0 Å². The molecule has 6 rings (SSSR count). The van der Waals surface area contributed by atoms with E-state index >= 15 is 0 Å². The van der Waals surface area contributed by atoms with Crippen LogP contribution in [-0.2, 0) is 9.63 Å². The molecular formula is C31H43N3O2. The molecule has 0 amide bonds. The van der Waals surface area contributed by atoms with Crippen molar-refractivity contribution in [3.8, 4) is 0 Å². The van der Waals surface area contributed by atoms with E-state index in [0.29, 0.717) is 0 Å². The zero-order valence-electron chi connectivity index (χ0n) is 22.3. The van der Waals surface area contributed by atoms with Gasteiger partial charge in [0, 0.05) is 19.4 Å². The fourth-order valence-electron chi connectivity index (χ4n) is 8.88. The standard InChI is InChI=1S/C31H43N3O2/c1-30-14-10-24(34(3)36-29(35)21-12-17-32-18-13-21)19-23(30)6-7-25-27-9-8-26(22-5-4-16-33-20-22)31(27,2)15-11-28(25)30/h4-5,8,16,19-21,24-25,27-28,32H,6-7,9-15,17-18H2,1-3H3/t24?,25-,27+,28+,30+,31-/m1/s1. The first-order valence-electron chi connectivity index (χ1n) is 14.4. The second kappa shape index (κ2) is 9.40. The quantitative estimate of drug-likeness (QED) is 0.428. The minimum atomic E-state index is -0.0424. The predicted octanol–water partition coefficient (Wildman–Crippen LogP) is 5.80. The largest absolute Gasteiger partial charge is 0.367 e. The lowest BCUT2D eigenvalue weighted by Gasteiger charge is -2.58. The minimum absolute atomic E-state index is 0.0405. The van der Waals surface area contributed by atoms with Crippen LogP contribution in [-0.4, -0.2) is 42.2 Å². The van der Waals surface area contributed by atoms with E-state index in [1.165, 1.54) is 44.1 Å². The summed E-state index contributed by atoms with van der Waals surface area (Å²) in [5, 5.41) is 5.20. The predicted molar refractivity (Wildman–Crippen MR) is 143 cm³/mol. The number of fused-ring (bicyclic) bond motifs is 5. The highest BCUT2D eigenvalue weighted by atomic mass is 16.7. The molecule has 0 bridgehead atoms. The zero-order chi connectivity index (χ0) is 24.9. The van der Waals surface area contributed by atoms with E-state index < -0.39 is 0 Å². The van der Waals surface area contributed by atoms with Crippen molar-refractivity contribution in [1.82, 2.24) is 15.4 Å². The Morgan fingerprint density at radius 1 is 1.08 bits per heavy atom. The van der Waals surface area contributed by atoms with Crippen LogP contribution >= 0.6 is 0 Å². The molecule has 36 heavy (non-hydrogen) atoms. The number of likely N-dealkylation sites (N-methyl/N-ethyl adjacent to an activating group) is 1. The van der Waals surface area contributed by atoms with Crippen molar-refractivity contribution >= 4 is 11.5 Å². The number of hydrogen-bond donors (Lipinski definition) is 1. The van der Waals surface area contributed by atoms with E-state index in [1.807, 2.05) is 18.3 Å². The number of nitrogens with one attached hydrogen (secondary N) is 1. The number of aromatic nitrogens is 1. The van der Waals surface area contributed by atoms with Crippen molar-refractivity contribution in [2.24, 2.45) is 34.5 Å². The number of allylic oxidation sites excluding steroid dienone is 3. The average Bonchev–Trinajstić information content (AvgIpc) is 3.26. The number of piperidine rings is 1. The normalized spacial score (nSPS) is 38.4. The van der Waals surface area contributed by atoms with Gasteiger partial charge < -0.3 is 10.2 Å². The van der Waals surface area contributed by atoms with Crippen LogP contribution in [0.15, 0.2) is 42.3 Å². The fourth-order valence-corrected chi connectivity index (χ4v) is 8.88. The van der Waals surface area contributed by atoms with Crippen LogP contribution < -0.4 is 5.32 Å². The lowest BCUT2D eigenvalue weighted by Crippen LogP contribution is -2.51. The monoisotopic (exact) mass is 489 g/mol. The molecule has 0 radical (unpaired) electrons. The topological polar surface area (TPSA) is 54.5 Å². The van der Waals surface area contributed by atoms with Crippen molar-refractivity contribution < 1.29 is 9.63 Å². The smallest absolute Gasteiger partial charge is 0.328 e. The highest BCUT2D eigenvalue weighted by molar-refractivity contribution is 5.73. The highest BCUT2D eigenvalue weighted by Crippen LogP contribution is 2.66. The highest BCUT2D eigenvalue weighted by Gasteiger charge is 2.57. The maximum atomic E-state index is 12.7. The van der Waals surface area contributed by atoms with Crippen LogP contribution in [0.5, 0.6) is 0 Å². The van der Waals surface area contributed by atoms with Gasteiger partial charge in [-0.1, -0.05) is 37.6 Å². The number of pyridine rings is 1. The molecule has 1 aromatic heterocycles. The minimum Gasteiger partial charge on any atom is -0.367 e. The Morgan fingerprint density at radius 2 is 1.89 bits per heavy atom. The van der Waals surface area contributed by atoms with Gasteiger partial charge in [-0.25, -0.2) is 0 Å². The molecule has 1 N–H and O–H groups in total. The van der Waals surface area contributed by atoms with Crippen molar-refractivity contribution in [3.05, 3.63) is 47.8 Å². The summed E-state index contributed by atoms with van der Waals surface area (Å²) in [7, 11) is 1.96. The molecule has 3 fully saturated rings. The third-order valence-electron chi connectivity index (χ3n) is 11.0. The lowest BCUT2D eigenvalue weighted by atomic mass is 9.46. The first kappa shape index (κ1) is 24.4. The Balaban J connectivity index is 1.16. The van der Waals surface area contributed by atoms with Gasteiger partial charge in [0.25, 0.3) is 0 Å². The second-order valence-electron chi connectivity index (χ2n) is 12.7. The van der Waals surface area contributed by atoms with Crippen molar-refractivity contribution in [2.45, 2.75) is 77.7 Å². The van der Waals surface area contributed by atoms with Gasteiger partial charge in [0.05, 0.1) is 12.0 Å². The zero-order valence-corrected chi connectivity index (χ0v) is 22.3. The van der Waals surface area contributed by atoms with E-state index in [9.17, 15) is 4.79 Å². The molecule has 5 nitrogen and oxygen atoms in total. The Hall–Kier alpha value is -1.98. The molecule has 0 aromatic carbocycles. The second-order valence-corrected chi connectivity index (χ2v) is 12.7. The molecule has 6 atom stereocenters. The van der Waals surface area contributed by atoms with Crippen LogP contribution in [0, 0.1) is 34.5 Å². The number of rotatable bonds is 4. The summed E-state index contributed by atoms with van der Waals surface area (Å²) in [5.41, 5.74) is 5.07. The number of hydroxylamine groups is 2. The van der Waals surface area contributed by atoms with E-state index in [1.54, 1.807) is 11.1 Å². The van der Waals surface area contributed by atoms with Gasteiger partial charge in [-0.2, -0.15) is 0 Å². The summed E-state index contributed by atoms with van der Waals surface area (Å²) in [6.45, 7) is 6.92. The third-order valence-corrected chi connectivity index (χ3v) is 11.0. The van der Waals surface area contributed by atoms with Crippen LogP contribution in [0.1, 0.15) is 77.2 Å². The van der Waals surface area contributed by atoms with Crippen LogP contribution in [0.2, 0.25) is 0 Å².